The molecule has 2 heterocycles. The summed E-state index contributed by atoms with van der Waals surface area (Å²) in [7, 11) is 0. The van der Waals surface area contributed by atoms with E-state index in [0.717, 1.165) is 17.5 Å². The van der Waals surface area contributed by atoms with Gasteiger partial charge < -0.3 is 10.6 Å². The maximum Gasteiger partial charge on any atom is 0.249 e. The highest BCUT2D eigenvalue weighted by Gasteiger charge is 2.30. The number of carbonyl (C=O) groups is 2. The van der Waals surface area contributed by atoms with Crippen LogP contribution in [0.25, 0.3) is 10.9 Å². The van der Waals surface area contributed by atoms with Gasteiger partial charge in [0.05, 0.1) is 21.9 Å². The SMILES string of the molecule is C[C@@H]1Cc2ccccc2N1C(=O)CSc1cc(C(N)=O)c2ccccc2n1. The molecule has 1 aliphatic rings. The summed E-state index contributed by atoms with van der Waals surface area (Å²) in [6.07, 6.45) is 0.868. The second-order valence-corrected chi connectivity index (χ2v) is 7.62. The van der Waals surface area contributed by atoms with Crippen LogP contribution in [-0.4, -0.2) is 28.6 Å². The van der Waals surface area contributed by atoms with E-state index in [4.69, 9.17) is 5.73 Å². The van der Waals surface area contributed by atoms with Crippen LogP contribution in [0, 0.1) is 0 Å². The van der Waals surface area contributed by atoms with Crippen molar-refractivity contribution in [2.75, 3.05) is 10.7 Å². The lowest BCUT2D eigenvalue weighted by Gasteiger charge is -2.22. The lowest BCUT2D eigenvalue weighted by molar-refractivity contribution is -0.116. The summed E-state index contributed by atoms with van der Waals surface area (Å²) in [6.45, 7) is 2.06. The van der Waals surface area contributed by atoms with Crippen LogP contribution in [0.5, 0.6) is 0 Å². The molecule has 1 aromatic heterocycles. The Morgan fingerprint density at radius 2 is 1.93 bits per heavy atom. The molecule has 4 rings (SSSR count). The van der Waals surface area contributed by atoms with Gasteiger partial charge in [-0.05, 0) is 37.1 Å². The zero-order chi connectivity index (χ0) is 19.0. The molecule has 2 N–H and O–H groups in total. The maximum absolute atomic E-state index is 12.9. The first-order valence-electron chi connectivity index (χ1n) is 8.77. The Morgan fingerprint density at radius 3 is 2.74 bits per heavy atom. The molecule has 2 aromatic carbocycles. The Balaban J connectivity index is 1.57. The van der Waals surface area contributed by atoms with Gasteiger partial charge in [0.1, 0.15) is 0 Å². The summed E-state index contributed by atoms with van der Waals surface area (Å²) in [6, 6.07) is 17.2. The number of benzene rings is 2. The molecule has 5 nitrogen and oxygen atoms in total. The Morgan fingerprint density at radius 1 is 1.19 bits per heavy atom. The van der Waals surface area contributed by atoms with E-state index in [1.54, 1.807) is 6.07 Å². The van der Waals surface area contributed by atoms with Crippen LogP contribution in [0.3, 0.4) is 0 Å². The van der Waals surface area contributed by atoms with Crippen LogP contribution in [0.1, 0.15) is 22.8 Å². The van der Waals surface area contributed by atoms with Crippen LogP contribution in [0.2, 0.25) is 0 Å². The van der Waals surface area contributed by atoms with E-state index in [9.17, 15) is 9.59 Å². The predicted molar refractivity (Wildman–Crippen MR) is 108 cm³/mol. The third-order valence-corrected chi connectivity index (χ3v) is 5.67. The fourth-order valence-corrected chi connectivity index (χ4v) is 4.35. The van der Waals surface area contributed by atoms with Gasteiger partial charge in [0, 0.05) is 17.1 Å². The minimum absolute atomic E-state index is 0.0352. The third-order valence-electron chi connectivity index (χ3n) is 4.78. The Bertz CT molecular complexity index is 1050. The molecule has 136 valence electrons. The Labute approximate surface area is 161 Å². The number of amides is 2. The topological polar surface area (TPSA) is 76.3 Å². The van der Waals surface area contributed by atoms with Crippen LogP contribution in [0.4, 0.5) is 5.69 Å². The molecule has 0 unspecified atom stereocenters. The summed E-state index contributed by atoms with van der Waals surface area (Å²) in [5.74, 6) is -0.209. The standard InChI is InChI=1S/C21H19N3O2S/c1-13-10-14-6-2-5-9-18(14)24(13)20(25)12-27-19-11-16(21(22)26)15-7-3-4-8-17(15)23-19/h2-9,11,13H,10,12H2,1H3,(H2,22,26)/t13-/m1/s1. The highest BCUT2D eigenvalue weighted by Crippen LogP contribution is 2.33. The van der Waals surface area contributed by atoms with Gasteiger partial charge in [-0.3, -0.25) is 9.59 Å². The van der Waals surface area contributed by atoms with Crippen molar-refractivity contribution in [2.24, 2.45) is 5.73 Å². The van der Waals surface area contributed by atoms with Crippen molar-refractivity contribution in [3.63, 3.8) is 0 Å². The second kappa shape index (κ2) is 7.04. The molecule has 0 saturated heterocycles. The molecule has 2 amide bonds. The maximum atomic E-state index is 12.9. The number of thioether (sulfide) groups is 1. The number of fused-ring (bicyclic) bond motifs is 2. The van der Waals surface area contributed by atoms with Gasteiger partial charge in [-0.2, -0.15) is 0 Å². The number of nitrogens with zero attached hydrogens (tertiary/aromatic N) is 2. The van der Waals surface area contributed by atoms with E-state index in [1.165, 1.54) is 17.3 Å². The van der Waals surface area contributed by atoms with E-state index >= 15 is 0 Å². The number of pyridine rings is 1. The van der Waals surface area contributed by atoms with E-state index in [-0.39, 0.29) is 17.7 Å². The molecule has 27 heavy (non-hydrogen) atoms. The average molecular weight is 377 g/mol. The fourth-order valence-electron chi connectivity index (χ4n) is 3.58. The van der Waals surface area contributed by atoms with Crippen LogP contribution < -0.4 is 10.6 Å². The quantitative estimate of drug-likeness (QED) is 0.707. The normalized spacial score (nSPS) is 15.7. The molecule has 1 atom stereocenters. The number of primary amides is 1. The first kappa shape index (κ1) is 17.5. The van der Waals surface area contributed by atoms with Crippen LogP contribution in [0.15, 0.2) is 59.6 Å². The lowest BCUT2D eigenvalue weighted by atomic mass is 10.1. The second-order valence-electron chi connectivity index (χ2n) is 6.62. The molecule has 6 heteroatoms. The van der Waals surface area contributed by atoms with Gasteiger partial charge in [-0.25, -0.2) is 4.98 Å². The molecular weight excluding hydrogens is 358 g/mol. The molecule has 3 aromatic rings. The van der Waals surface area contributed by atoms with Gasteiger partial charge in [0.2, 0.25) is 11.8 Å². The Kier molecular flexibility index (Phi) is 4.58. The van der Waals surface area contributed by atoms with Crippen LogP contribution >= 0.6 is 11.8 Å². The molecule has 0 radical (unpaired) electrons. The number of anilines is 1. The molecule has 0 saturated carbocycles. The van der Waals surface area contributed by atoms with Crippen molar-refractivity contribution in [1.82, 2.24) is 4.98 Å². The van der Waals surface area contributed by atoms with Crippen LogP contribution in [-0.2, 0) is 11.2 Å². The number of aromatic nitrogens is 1. The number of para-hydroxylation sites is 2. The van der Waals surface area contributed by atoms with E-state index in [1.807, 2.05) is 47.4 Å². The summed E-state index contributed by atoms with van der Waals surface area (Å²) in [5.41, 5.74) is 8.83. The average Bonchev–Trinajstić information content (AvgIpc) is 3.01. The molecule has 0 spiro atoms. The van der Waals surface area contributed by atoms with Crippen molar-refractivity contribution in [3.05, 3.63) is 65.7 Å². The van der Waals surface area contributed by atoms with Crippen molar-refractivity contribution in [2.45, 2.75) is 24.4 Å². The number of hydrogen-bond acceptors (Lipinski definition) is 4. The molecule has 0 fully saturated rings. The monoisotopic (exact) mass is 377 g/mol. The molecular formula is C21H19N3O2S. The Hall–Kier alpha value is -2.86. The van der Waals surface area contributed by atoms with Gasteiger partial charge in [-0.1, -0.05) is 48.2 Å². The largest absolute Gasteiger partial charge is 0.366 e. The minimum Gasteiger partial charge on any atom is -0.366 e. The molecule has 1 aliphatic heterocycles. The summed E-state index contributed by atoms with van der Waals surface area (Å²) in [4.78, 5) is 31.1. The van der Waals surface area contributed by atoms with E-state index in [2.05, 4.69) is 18.0 Å². The highest BCUT2D eigenvalue weighted by atomic mass is 32.2. The van der Waals surface area contributed by atoms with Crippen molar-refractivity contribution >= 4 is 40.2 Å². The van der Waals surface area contributed by atoms with Gasteiger partial charge >= 0.3 is 0 Å². The van der Waals surface area contributed by atoms with Gasteiger partial charge in [0.15, 0.2) is 0 Å². The zero-order valence-corrected chi connectivity index (χ0v) is 15.7. The molecule has 0 bridgehead atoms. The smallest absolute Gasteiger partial charge is 0.249 e. The van der Waals surface area contributed by atoms with Gasteiger partial charge in [-0.15, -0.1) is 0 Å². The zero-order valence-electron chi connectivity index (χ0n) is 14.9. The van der Waals surface area contributed by atoms with E-state index < -0.39 is 5.91 Å². The fraction of sp³-hybridized carbons (Fsp3) is 0.190. The van der Waals surface area contributed by atoms with Gasteiger partial charge in [0.25, 0.3) is 0 Å². The number of nitrogens with two attached hydrogens (primary N) is 1. The van der Waals surface area contributed by atoms with E-state index in [0.29, 0.717) is 16.1 Å². The highest BCUT2D eigenvalue weighted by molar-refractivity contribution is 7.99. The first-order valence-corrected chi connectivity index (χ1v) is 9.75. The van der Waals surface area contributed by atoms with Crippen molar-refractivity contribution in [1.29, 1.82) is 0 Å². The summed E-state index contributed by atoms with van der Waals surface area (Å²) in [5, 5.41) is 1.35. The predicted octanol–water partition coefficient (Wildman–Crippen LogP) is 3.40. The minimum atomic E-state index is -0.496. The van der Waals surface area contributed by atoms with Crippen molar-refractivity contribution in [3.8, 4) is 0 Å². The first-order chi connectivity index (χ1) is 13.0. The number of carbonyl (C=O) groups excluding carboxylic acids is 2. The third kappa shape index (κ3) is 3.28. The number of hydrogen-bond donors (Lipinski definition) is 1. The summed E-state index contributed by atoms with van der Waals surface area (Å²) < 4.78 is 0. The number of rotatable bonds is 4. The molecule has 0 aliphatic carbocycles. The lowest BCUT2D eigenvalue weighted by Crippen LogP contribution is -2.37. The van der Waals surface area contributed by atoms with Crippen molar-refractivity contribution < 1.29 is 9.59 Å². The summed E-state index contributed by atoms with van der Waals surface area (Å²) >= 11 is 1.33.